The summed E-state index contributed by atoms with van der Waals surface area (Å²) in [5, 5.41) is 2.90. The minimum Gasteiger partial charge on any atom is -0.492 e. The molecule has 0 saturated heterocycles. The van der Waals surface area contributed by atoms with E-state index >= 15 is 0 Å². The molecule has 2 N–H and O–H groups in total. The quantitative estimate of drug-likeness (QED) is 0.817. The molecule has 1 amide bonds. The number of nitrogens with one attached hydrogen (secondary N) is 2. The number of rotatable bonds is 6. The van der Waals surface area contributed by atoms with E-state index in [2.05, 4.69) is 10.0 Å². The van der Waals surface area contributed by atoms with E-state index in [9.17, 15) is 13.2 Å². The van der Waals surface area contributed by atoms with Crippen molar-refractivity contribution >= 4 is 38.9 Å². The van der Waals surface area contributed by atoms with Crippen LogP contribution in [0.4, 0.5) is 11.4 Å². The molecule has 0 bridgehead atoms. The molecular formula is C16H17ClN2O4S. The van der Waals surface area contributed by atoms with Crippen molar-refractivity contribution in [1.29, 1.82) is 0 Å². The first-order valence-corrected chi connectivity index (χ1v) is 9.01. The fourth-order valence-electron chi connectivity index (χ4n) is 2.00. The second-order valence-electron chi connectivity index (χ2n) is 4.89. The Kier molecular flexibility index (Phi) is 5.69. The van der Waals surface area contributed by atoms with Crippen LogP contribution in [0.3, 0.4) is 0 Å². The lowest BCUT2D eigenvalue weighted by Gasteiger charge is -2.13. The average Bonchev–Trinajstić information content (AvgIpc) is 2.50. The fraction of sp³-hybridized carbons (Fsp3) is 0.188. The van der Waals surface area contributed by atoms with E-state index in [1.165, 1.54) is 19.1 Å². The Morgan fingerprint density at radius 3 is 2.33 bits per heavy atom. The monoisotopic (exact) mass is 368 g/mol. The first-order valence-electron chi connectivity index (χ1n) is 7.14. The molecule has 8 heteroatoms. The van der Waals surface area contributed by atoms with E-state index in [-0.39, 0.29) is 16.6 Å². The summed E-state index contributed by atoms with van der Waals surface area (Å²) < 4.78 is 33.0. The van der Waals surface area contributed by atoms with Crippen molar-refractivity contribution in [1.82, 2.24) is 0 Å². The number of halogens is 1. The third kappa shape index (κ3) is 4.62. The molecule has 0 aliphatic carbocycles. The van der Waals surface area contributed by atoms with Gasteiger partial charge in [0.25, 0.3) is 10.0 Å². The van der Waals surface area contributed by atoms with Crippen LogP contribution in [-0.2, 0) is 14.8 Å². The molecule has 0 fully saturated rings. The number of ether oxygens (including phenoxy) is 1. The maximum atomic E-state index is 12.6. The van der Waals surface area contributed by atoms with Gasteiger partial charge in [-0.05, 0) is 49.4 Å². The minimum absolute atomic E-state index is 0.0391. The summed E-state index contributed by atoms with van der Waals surface area (Å²) in [5.41, 5.74) is 0.926. The second kappa shape index (κ2) is 7.55. The third-order valence-corrected chi connectivity index (χ3v) is 4.59. The molecule has 0 heterocycles. The average molecular weight is 369 g/mol. The zero-order chi connectivity index (χ0) is 17.7. The van der Waals surface area contributed by atoms with E-state index in [1.54, 1.807) is 37.3 Å². The summed E-state index contributed by atoms with van der Waals surface area (Å²) in [4.78, 5) is 11.0. The number of carbonyl (C=O) groups is 1. The highest BCUT2D eigenvalue weighted by Crippen LogP contribution is 2.29. The van der Waals surface area contributed by atoms with E-state index in [0.29, 0.717) is 23.0 Å². The smallest absolute Gasteiger partial charge is 0.265 e. The first-order chi connectivity index (χ1) is 11.3. The van der Waals surface area contributed by atoms with Crippen LogP contribution < -0.4 is 14.8 Å². The van der Waals surface area contributed by atoms with Gasteiger partial charge in [-0.3, -0.25) is 9.52 Å². The lowest BCUT2D eigenvalue weighted by atomic mass is 10.3. The molecule has 2 aromatic rings. The van der Waals surface area contributed by atoms with E-state index in [0.717, 1.165) is 0 Å². The van der Waals surface area contributed by atoms with Crippen molar-refractivity contribution < 1.29 is 17.9 Å². The lowest BCUT2D eigenvalue weighted by molar-refractivity contribution is -0.114. The standard InChI is InChI=1S/C16H17ClN2O4S/c1-3-23-15-9-4-12(17)10-16(15)24(21,22)19-14-7-5-13(6-8-14)18-11(2)20/h4-10,19H,3H2,1-2H3,(H,18,20). The maximum Gasteiger partial charge on any atom is 0.265 e. The fourth-order valence-corrected chi connectivity index (χ4v) is 3.47. The van der Waals surface area contributed by atoms with Gasteiger partial charge in [-0.25, -0.2) is 8.42 Å². The second-order valence-corrected chi connectivity index (χ2v) is 6.98. The Hall–Kier alpha value is -2.25. The highest BCUT2D eigenvalue weighted by atomic mass is 35.5. The summed E-state index contributed by atoms with van der Waals surface area (Å²) in [5.74, 6) is 0.0212. The first kappa shape index (κ1) is 18.1. The number of anilines is 2. The van der Waals surface area contributed by atoms with Crippen molar-refractivity contribution in [3.05, 3.63) is 47.5 Å². The van der Waals surface area contributed by atoms with Gasteiger partial charge in [0, 0.05) is 23.3 Å². The van der Waals surface area contributed by atoms with Gasteiger partial charge < -0.3 is 10.1 Å². The number of hydrogen-bond acceptors (Lipinski definition) is 4. The Morgan fingerprint density at radius 2 is 1.75 bits per heavy atom. The predicted octanol–water partition coefficient (Wildman–Crippen LogP) is 3.50. The predicted molar refractivity (Wildman–Crippen MR) is 94.2 cm³/mol. The van der Waals surface area contributed by atoms with Gasteiger partial charge in [0.2, 0.25) is 5.91 Å². The highest BCUT2D eigenvalue weighted by molar-refractivity contribution is 7.92. The molecule has 0 atom stereocenters. The van der Waals surface area contributed by atoms with Gasteiger partial charge in [-0.2, -0.15) is 0 Å². The number of sulfonamides is 1. The van der Waals surface area contributed by atoms with Crippen LogP contribution in [0.15, 0.2) is 47.4 Å². The molecular weight excluding hydrogens is 352 g/mol. The largest absolute Gasteiger partial charge is 0.492 e. The highest BCUT2D eigenvalue weighted by Gasteiger charge is 2.20. The van der Waals surface area contributed by atoms with Crippen LogP contribution in [0.5, 0.6) is 5.75 Å². The molecule has 0 spiro atoms. The number of carbonyl (C=O) groups excluding carboxylic acids is 1. The van der Waals surface area contributed by atoms with Crippen molar-refractivity contribution in [3.63, 3.8) is 0 Å². The summed E-state index contributed by atoms with van der Waals surface area (Å²) in [6.45, 7) is 3.49. The molecule has 2 aromatic carbocycles. The third-order valence-electron chi connectivity index (χ3n) is 2.95. The van der Waals surface area contributed by atoms with Crippen LogP contribution in [0.25, 0.3) is 0 Å². The molecule has 0 aromatic heterocycles. The topological polar surface area (TPSA) is 84.5 Å². The van der Waals surface area contributed by atoms with Crippen LogP contribution >= 0.6 is 11.6 Å². The summed E-state index contributed by atoms with van der Waals surface area (Å²) in [7, 11) is -3.87. The van der Waals surface area contributed by atoms with Crippen molar-refractivity contribution in [2.75, 3.05) is 16.6 Å². The zero-order valence-corrected chi connectivity index (χ0v) is 14.7. The van der Waals surface area contributed by atoms with Gasteiger partial charge in [-0.15, -0.1) is 0 Å². The Balaban J connectivity index is 2.28. The number of benzene rings is 2. The van der Waals surface area contributed by atoms with Crippen molar-refractivity contribution in [2.45, 2.75) is 18.7 Å². The van der Waals surface area contributed by atoms with Crippen LogP contribution in [0.1, 0.15) is 13.8 Å². The maximum absolute atomic E-state index is 12.6. The molecule has 0 unspecified atom stereocenters. The SMILES string of the molecule is CCOc1ccc(Cl)cc1S(=O)(=O)Nc1ccc(NC(C)=O)cc1. The summed E-state index contributed by atoms with van der Waals surface area (Å²) in [6.07, 6.45) is 0. The minimum atomic E-state index is -3.87. The van der Waals surface area contributed by atoms with Gasteiger partial charge in [0.15, 0.2) is 0 Å². The van der Waals surface area contributed by atoms with Crippen LogP contribution in [-0.4, -0.2) is 20.9 Å². The van der Waals surface area contributed by atoms with Gasteiger partial charge >= 0.3 is 0 Å². The van der Waals surface area contributed by atoms with E-state index in [4.69, 9.17) is 16.3 Å². The van der Waals surface area contributed by atoms with Gasteiger partial charge in [-0.1, -0.05) is 11.6 Å². The lowest BCUT2D eigenvalue weighted by Crippen LogP contribution is -2.14. The van der Waals surface area contributed by atoms with Gasteiger partial charge in [0.1, 0.15) is 10.6 Å². The van der Waals surface area contributed by atoms with E-state index in [1.807, 2.05) is 0 Å². The molecule has 6 nitrogen and oxygen atoms in total. The Morgan fingerprint density at radius 1 is 1.12 bits per heavy atom. The molecule has 0 aliphatic rings. The molecule has 128 valence electrons. The van der Waals surface area contributed by atoms with Crippen LogP contribution in [0, 0.1) is 0 Å². The van der Waals surface area contributed by atoms with Crippen molar-refractivity contribution in [3.8, 4) is 5.75 Å². The Labute approximate surface area is 145 Å². The van der Waals surface area contributed by atoms with E-state index < -0.39 is 10.0 Å². The molecule has 0 saturated carbocycles. The summed E-state index contributed by atoms with van der Waals surface area (Å²) in [6, 6.07) is 10.7. The van der Waals surface area contributed by atoms with Crippen LogP contribution in [0.2, 0.25) is 5.02 Å². The van der Waals surface area contributed by atoms with Gasteiger partial charge in [0.05, 0.1) is 6.61 Å². The number of hydrogen-bond donors (Lipinski definition) is 2. The van der Waals surface area contributed by atoms with Crippen molar-refractivity contribution in [2.24, 2.45) is 0 Å². The summed E-state index contributed by atoms with van der Waals surface area (Å²) >= 11 is 5.91. The molecule has 0 aliphatic heterocycles. The Bertz CT molecular complexity index is 836. The molecule has 2 rings (SSSR count). The normalized spacial score (nSPS) is 11.0. The number of amides is 1. The molecule has 0 radical (unpaired) electrons. The zero-order valence-electron chi connectivity index (χ0n) is 13.2. The molecule has 24 heavy (non-hydrogen) atoms.